The summed E-state index contributed by atoms with van der Waals surface area (Å²) >= 11 is 5.83. The van der Waals surface area contributed by atoms with Crippen molar-refractivity contribution in [3.8, 4) is 0 Å². The number of carbonyl (C=O) groups excluding carboxylic acids is 1. The zero-order valence-corrected chi connectivity index (χ0v) is 13.7. The topological polar surface area (TPSA) is 41.1 Å². The monoisotopic (exact) mass is 374 g/mol. The Morgan fingerprint density at radius 1 is 1.12 bits per heavy atom. The molecule has 2 rings (SSSR count). The third-order valence-corrected chi connectivity index (χ3v) is 3.74. The zero-order valence-electron chi connectivity index (χ0n) is 13.0. The number of nitrogens with one attached hydrogen (secondary N) is 2. The van der Waals surface area contributed by atoms with Gasteiger partial charge >= 0.3 is 6.18 Å². The summed E-state index contributed by atoms with van der Waals surface area (Å²) in [6, 6.07) is 9.02. The molecule has 8 heteroatoms. The zero-order chi connectivity index (χ0) is 18.4. The predicted octanol–water partition coefficient (Wildman–Crippen LogP) is 4.27. The number of halogens is 5. The van der Waals surface area contributed by atoms with Crippen molar-refractivity contribution >= 4 is 23.2 Å². The molecule has 0 aliphatic heterocycles. The van der Waals surface area contributed by atoms with E-state index in [1.165, 1.54) is 6.07 Å². The van der Waals surface area contributed by atoms with Crippen molar-refractivity contribution in [1.29, 1.82) is 0 Å². The Labute approximate surface area is 147 Å². The van der Waals surface area contributed by atoms with Crippen LogP contribution in [-0.4, -0.2) is 19.0 Å². The third kappa shape index (κ3) is 5.63. The number of alkyl halides is 3. The first kappa shape index (κ1) is 19.1. The van der Waals surface area contributed by atoms with Crippen LogP contribution in [0.4, 0.5) is 23.2 Å². The highest BCUT2D eigenvalue weighted by atomic mass is 35.5. The van der Waals surface area contributed by atoms with Gasteiger partial charge in [-0.2, -0.15) is 13.2 Å². The molecule has 0 aliphatic rings. The number of carbonyl (C=O) groups is 1. The van der Waals surface area contributed by atoms with Crippen molar-refractivity contribution < 1.29 is 22.4 Å². The molecule has 2 aromatic carbocycles. The maximum Gasteiger partial charge on any atom is 0.416 e. The molecule has 25 heavy (non-hydrogen) atoms. The molecule has 0 atom stereocenters. The first-order valence-corrected chi connectivity index (χ1v) is 7.76. The smallest absolute Gasteiger partial charge is 0.375 e. The molecule has 2 aromatic rings. The average Bonchev–Trinajstić information content (AvgIpc) is 2.55. The summed E-state index contributed by atoms with van der Waals surface area (Å²) in [6.45, 7) is -0.0456. The second-order valence-corrected chi connectivity index (χ2v) is 5.64. The summed E-state index contributed by atoms with van der Waals surface area (Å²) in [4.78, 5) is 11.8. The van der Waals surface area contributed by atoms with Crippen LogP contribution in [0.3, 0.4) is 0 Å². The van der Waals surface area contributed by atoms with Gasteiger partial charge in [0.1, 0.15) is 5.82 Å². The molecule has 0 aliphatic carbocycles. The second kappa shape index (κ2) is 8.20. The molecule has 3 nitrogen and oxygen atoms in total. The van der Waals surface area contributed by atoms with Gasteiger partial charge in [0, 0.05) is 6.54 Å². The lowest BCUT2D eigenvalue weighted by Gasteiger charge is -2.12. The number of anilines is 1. The molecule has 0 spiro atoms. The van der Waals surface area contributed by atoms with Crippen LogP contribution in [0.15, 0.2) is 42.5 Å². The molecular formula is C17H15ClF4N2O. The largest absolute Gasteiger partial charge is 0.416 e. The highest BCUT2D eigenvalue weighted by Gasteiger charge is 2.30. The van der Waals surface area contributed by atoms with Crippen LogP contribution in [-0.2, 0) is 17.4 Å². The van der Waals surface area contributed by atoms with E-state index < -0.39 is 17.6 Å². The van der Waals surface area contributed by atoms with E-state index in [4.69, 9.17) is 11.6 Å². The highest BCUT2D eigenvalue weighted by molar-refractivity contribution is 6.33. The molecule has 0 radical (unpaired) electrons. The van der Waals surface area contributed by atoms with Crippen molar-refractivity contribution in [3.05, 3.63) is 64.4 Å². The molecule has 0 heterocycles. The number of hydrogen-bond donors (Lipinski definition) is 2. The normalized spacial score (nSPS) is 11.2. The molecule has 0 aromatic heterocycles. The van der Waals surface area contributed by atoms with Gasteiger partial charge in [-0.15, -0.1) is 0 Å². The van der Waals surface area contributed by atoms with Crippen LogP contribution in [0.1, 0.15) is 11.1 Å². The van der Waals surface area contributed by atoms with Gasteiger partial charge in [-0.1, -0.05) is 29.8 Å². The van der Waals surface area contributed by atoms with Gasteiger partial charge < -0.3 is 10.6 Å². The van der Waals surface area contributed by atoms with Crippen LogP contribution in [0.2, 0.25) is 5.02 Å². The van der Waals surface area contributed by atoms with Crippen molar-refractivity contribution in [1.82, 2.24) is 5.32 Å². The quantitative estimate of drug-likeness (QED) is 0.741. The number of hydrogen-bond acceptors (Lipinski definition) is 2. The van der Waals surface area contributed by atoms with E-state index in [0.29, 0.717) is 12.0 Å². The summed E-state index contributed by atoms with van der Waals surface area (Å²) in [5.74, 6) is -0.796. The maximum absolute atomic E-state index is 13.4. The van der Waals surface area contributed by atoms with Gasteiger partial charge in [0.15, 0.2) is 0 Å². The average molecular weight is 375 g/mol. The molecular weight excluding hydrogens is 360 g/mol. The standard InChI is InChI=1S/C17H15ClF4N2O/c18-13-6-5-12(17(20,21)22)9-15(13)24-10-16(25)23-8-7-11-3-1-2-4-14(11)19/h1-6,9,24H,7-8,10H2,(H,23,25). The van der Waals surface area contributed by atoms with E-state index in [1.54, 1.807) is 18.2 Å². The number of rotatable bonds is 6. The summed E-state index contributed by atoms with van der Waals surface area (Å²) < 4.78 is 51.5. The number of benzene rings is 2. The highest BCUT2D eigenvalue weighted by Crippen LogP contribution is 2.33. The van der Waals surface area contributed by atoms with Gasteiger partial charge in [0.25, 0.3) is 0 Å². The van der Waals surface area contributed by atoms with E-state index in [0.717, 1.165) is 18.2 Å². The van der Waals surface area contributed by atoms with Gasteiger partial charge in [0.05, 0.1) is 22.8 Å². The second-order valence-electron chi connectivity index (χ2n) is 5.24. The van der Waals surface area contributed by atoms with Crippen LogP contribution in [0.25, 0.3) is 0 Å². The van der Waals surface area contributed by atoms with Gasteiger partial charge in [-0.05, 0) is 36.2 Å². The Kier molecular flexibility index (Phi) is 6.25. The Hall–Kier alpha value is -2.28. The van der Waals surface area contributed by atoms with Gasteiger partial charge in [-0.3, -0.25) is 4.79 Å². The fourth-order valence-electron chi connectivity index (χ4n) is 2.11. The van der Waals surface area contributed by atoms with Crippen molar-refractivity contribution in [3.63, 3.8) is 0 Å². The molecule has 0 saturated heterocycles. The molecule has 0 fully saturated rings. The summed E-state index contributed by atoms with van der Waals surface area (Å²) in [7, 11) is 0. The number of amides is 1. The van der Waals surface area contributed by atoms with Crippen molar-refractivity contribution in [2.75, 3.05) is 18.4 Å². The minimum atomic E-state index is -4.50. The minimum Gasteiger partial charge on any atom is -0.375 e. The molecule has 134 valence electrons. The summed E-state index contributed by atoms with van der Waals surface area (Å²) in [5, 5.41) is 5.20. The van der Waals surface area contributed by atoms with Crippen molar-refractivity contribution in [2.24, 2.45) is 0 Å². The first-order chi connectivity index (χ1) is 11.8. The van der Waals surface area contributed by atoms with E-state index in [9.17, 15) is 22.4 Å². The lowest BCUT2D eigenvalue weighted by atomic mass is 10.1. The maximum atomic E-state index is 13.4. The molecule has 1 amide bonds. The van der Waals surface area contributed by atoms with Crippen LogP contribution < -0.4 is 10.6 Å². The Morgan fingerprint density at radius 3 is 2.52 bits per heavy atom. The van der Waals surface area contributed by atoms with Crippen LogP contribution in [0, 0.1) is 5.82 Å². The lowest BCUT2D eigenvalue weighted by Crippen LogP contribution is -2.31. The fourth-order valence-corrected chi connectivity index (χ4v) is 2.30. The van der Waals surface area contributed by atoms with E-state index in [1.807, 2.05) is 0 Å². The van der Waals surface area contributed by atoms with Crippen LogP contribution >= 0.6 is 11.6 Å². The summed E-state index contributed by atoms with van der Waals surface area (Å²) in [6.07, 6.45) is -4.19. The van der Waals surface area contributed by atoms with Crippen molar-refractivity contribution in [2.45, 2.75) is 12.6 Å². The fraction of sp³-hybridized carbons (Fsp3) is 0.235. The van der Waals surface area contributed by atoms with E-state index >= 15 is 0 Å². The minimum absolute atomic E-state index is 0.0146. The van der Waals surface area contributed by atoms with Gasteiger partial charge in [0.2, 0.25) is 5.91 Å². The Balaban J connectivity index is 1.85. The Morgan fingerprint density at radius 2 is 1.84 bits per heavy atom. The molecule has 0 saturated carbocycles. The third-order valence-electron chi connectivity index (χ3n) is 3.41. The first-order valence-electron chi connectivity index (χ1n) is 7.38. The molecule has 2 N–H and O–H groups in total. The SMILES string of the molecule is O=C(CNc1cc(C(F)(F)F)ccc1Cl)NCCc1ccccc1F. The Bertz CT molecular complexity index is 750. The van der Waals surface area contributed by atoms with E-state index in [-0.39, 0.29) is 29.6 Å². The van der Waals surface area contributed by atoms with E-state index in [2.05, 4.69) is 10.6 Å². The van der Waals surface area contributed by atoms with Gasteiger partial charge in [-0.25, -0.2) is 4.39 Å². The van der Waals surface area contributed by atoms with Crippen LogP contribution in [0.5, 0.6) is 0 Å². The predicted molar refractivity (Wildman–Crippen MR) is 88.1 cm³/mol. The summed E-state index contributed by atoms with van der Waals surface area (Å²) in [5.41, 5.74) is -0.378. The molecule has 0 unspecified atom stereocenters. The molecule has 0 bridgehead atoms. The lowest BCUT2D eigenvalue weighted by molar-refractivity contribution is -0.137.